The molecule has 0 aromatic heterocycles. The molecule has 0 bridgehead atoms. The van der Waals surface area contributed by atoms with E-state index in [9.17, 15) is 0 Å². The van der Waals surface area contributed by atoms with Crippen LogP contribution >= 0.6 is 0 Å². The van der Waals surface area contributed by atoms with Gasteiger partial charge in [-0.3, -0.25) is 0 Å². The smallest absolute Gasteiger partial charge is 0.119 e. The van der Waals surface area contributed by atoms with Gasteiger partial charge in [-0.2, -0.15) is 0 Å². The van der Waals surface area contributed by atoms with E-state index >= 15 is 0 Å². The molecule has 1 aliphatic heterocycles. The molecule has 1 fully saturated rings. The molecule has 0 aliphatic carbocycles. The second kappa shape index (κ2) is 4.59. The number of anilines is 1. The zero-order valence-electron chi connectivity index (χ0n) is 10.9. The van der Waals surface area contributed by atoms with Crippen molar-refractivity contribution < 1.29 is 9.47 Å². The molecular formula is C16H17NO2. The maximum absolute atomic E-state index is 5.90. The second-order valence-corrected chi connectivity index (χ2v) is 4.93. The van der Waals surface area contributed by atoms with Gasteiger partial charge in [0, 0.05) is 5.69 Å². The van der Waals surface area contributed by atoms with E-state index < -0.39 is 0 Å². The Morgan fingerprint density at radius 3 is 2.32 bits per heavy atom. The molecule has 2 aromatic rings. The molecule has 3 rings (SSSR count). The molecule has 1 heterocycles. The highest BCUT2D eigenvalue weighted by Gasteiger charge is 2.42. The summed E-state index contributed by atoms with van der Waals surface area (Å²) in [6.45, 7) is 1.37. The molecule has 0 atom stereocenters. The van der Waals surface area contributed by atoms with Crippen LogP contribution in [0.15, 0.2) is 48.5 Å². The van der Waals surface area contributed by atoms with E-state index in [2.05, 4.69) is 18.2 Å². The van der Waals surface area contributed by atoms with E-state index in [1.807, 2.05) is 30.3 Å². The van der Waals surface area contributed by atoms with Crippen LogP contribution in [0, 0.1) is 0 Å². The van der Waals surface area contributed by atoms with Crippen LogP contribution in [-0.2, 0) is 10.2 Å². The predicted octanol–water partition coefficient (Wildman–Crippen LogP) is 2.59. The Morgan fingerprint density at radius 2 is 1.74 bits per heavy atom. The van der Waals surface area contributed by atoms with Crippen LogP contribution in [0.2, 0.25) is 0 Å². The number of methoxy groups -OCH3 is 1. The summed E-state index contributed by atoms with van der Waals surface area (Å²) in [5.41, 5.74) is 9.01. The van der Waals surface area contributed by atoms with Crippen molar-refractivity contribution >= 4 is 5.69 Å². The lowest BCUT2D eigenvalue weighted by atomic mass is 9.73. The van der Waals surface area contributed by atoms with Gasteiger partial charge >= 0.3 is 0 Å². The van der Waals surface area contributed by atoms with Crippen molar-refractivity contribution in [2.24, 2.45) is 0 Å². The first kappa shape index (κ1) is 12.1. The van der Waals surface area contributed by atoms with E-state index in [1.165, 1.54) is 11.1 Å². The molecule has 0 unspecified atom stereocenters. The van der Waals surface area contributed by atoms with Crippen LogP contribution in [0.3, 0.4) is 0 Å². The fourth-order valence-electron chi connectivity index (χ4n) is 2.56. The van der Waals surface area contributed by atoms with Gasteiger partial charge in [-0.15, -0.1) is 0 Å². The molecule has 0 radical (unpaired) electrons. The lowest BCUT2D eigenvalue weighted by Gasteiger charge is -2.42. The zero-order valence-corrected chi connectivity index (χ0v) is 10.9. The summed E-state index contributed by atoms with van der Waals surface area (Å²) in [6, 6.07) is 16.2. The summed E-state index contributed by atoms with van der Waals surface area (Å²) in [6.07, 6.45) is 0. The van der Waals surface area contributed by atoms with Crippen LogP contribution in [0.1, 0.15) is 11.1 Å². The highest BCUT2D eigenvalue weighted by atomic mass is 16.5. The number of hydrogen-bond donors (Lipinski definition) is 1. The Balaban J connectivity index is 2.08. The summed E-state index contributed by atoms with van der Waals surface area (Å²) >= 11 is 0. The Bertz CT molecular complexity index is 591. The SMILES string of the molecule is COc1cccc(C2(c3cccc(N)c3)COC2)c1. The van der Waals surface area contributed by atoms with Gasteiger partial charge < -0.3 is 15.2 Å². The molecule has 19 heavy (non-hydrogen) atoms. The molecular weight excluding hydrogens is 238 g/mol. The number of benzene rings is 2. The van der Waals surface area contributed by atoms with E-state index in [1.54, 1.807) is 7.11 Å². The van der Waals surface area contributed by atoms with Crippen molar-refractivity contribution in [3.8, 4) is 5.75 Å². The van der Waals surface area contributed by atoms with Crippen molar-refractivity contribution in [3.05, 3.63) is 59.7 Å². The van der Waals surface area contributed by atoms with Gasteiger partial charge in [0.25, 0.3) is 0 Å². The van der Waals surface area contributed by atoms with Gasteiger partial charge in [-0.1, -0.05) is 24.3 Å². The third-order valence-electron chi connectivity index (χ3n) is 3.76. The quantitative estimate of drug-likeness (QED) is 0.857. The molecule has 3 heteroatoms. The average Bonchev–Trinajstić information content (AvgIpc) is 2.38. The predicted molar refractivity (Wildman–Crippen MR) is 75.4 cm³/mol. The normalized spacial score (nSPS) is 16.7. The second-order valence-electron chi connectivity index (χ2n) is 4.93. The minimum atomic E-state index is -0.0933. The van der Waals surface area contributed by atoms with Crippen molar-refractivity contribution in [3.63, 3.8) is 0 Å². The van der Waals surface area contributed by atoms with Gasteiger partial charge in [0.1, 0.15) is 5.75 Å². The van der Waals surface area contributed by atoms with Gasteiger partial charge in [0.15, 0.2) is 0 Å². The minimum Gasteiger partial charge on any atom is -0.497 e. The molecule has 1 saturated heterocycles. The molecule has 98 valence electrons. The summed E-state index contributed by atoms with van der Waals surface area (Å²) < 4.78 is 10.8. The Kier molecular flexibility index (Phi) is 2.91. The molecule has 0 spiro atoms. The van der Waals surface area contributed by atoms with E-state index in [0.717, 1.165) is 11.4 Å². The molecule has 3 nitrogen and oxygen atoms in total. The Hall–Kier alpha value is -2.00. The third kappa shape index (κ3) is 1.96. The highest BCUT2D eigenvalue weighted by molar-refractivity contribution is 5.50. The van der Waals surface area contributed by atoms with Crippen molar-refractivity contribution in [2.75, 3.05) is 26.1 Å². The van der Waals surface area contributed by atoms with E-state index in [0.29, 0.717) is 13.2 Å². The lowest BCUT2D eigenvalue weighted by molar-refractivity contribution is -0.0380. The maximum atomic E-state index is 5.90. The number of ether oxygens (including phenoxy) is 2. The summed E-state index contributed by atoms with van der Waals surface area (Å²) in [5, 5.41) is 0. The van der Waals surface area contributed by atoms with Crippen molar-refractivity contribution in [1.82, 2.24) is 0 Å². The molecule has 2 N–H and O–H groups in total. The first-order valence-corrected chi connectivity index (χ1v) is 6.33. The fourth-order valence-corrected chi connectivity index (χ4v) is 2.56. The van der Waals surface area contributed by atoms with Gasteiger partial charge in [-0.05, 0) is 35.4 Å². The number of nitrogens with two attached hydrogens (primary N) is 1. The van der Waals surface area contributed by atoms with Crippen LogP contribution < -0.4 is 10.5 Å². The van der Waals surface area contributed by atoms with E-state index in [-0.39, 0.29) is 5.41 Å². The van der Waals surface area contributed by atoms with Gasteiger partial charge in [0.05, 0.1) is 25.7 Å². The van der Waals surface area contributed by atoms with Crippen molar-refractivity contribution in [2.45, 2.75) is 5.41 Å². The molecule has 0 saturated carbocycles. The number of rotatable bonds is 3. The molecule has 0 amide bonds. The van der Waals surface area contributed by atoms with Crippen LogP contribution in [0.25, 0.3) is 0 Å². The Morgan fingerprint density at radius 1 is 1.05 bits per heavy atom. The zero-order chi connectivity index (χ0) is 13.3. The Labute approximate surface area is 113 Å². The fraction of sp³-hybridized carbons (Fsp3) is 0.250. The third-order valence-corrected chi connectivity index (χ3v) is 3.76. The minimum absolute atomic E-state index is 0.0933. The topological polar surface area (TPSA) is 44.5 Å². The monoisotopic (exact) mass is 255 g/mol. The summed E-state index contributed by atoms with van der Waals surface area (Å²) in [4.78, 5) is 0. The largest absolute Gasteiger partial charge is 0.497 e. The number of nitrogen functional groups attached to an aromatic ring is 1. The summed E-state index contributed by atoms with van der Waals surface area (Å²) in [7, 11) is 1.68. The van der Waals surface area contributed by atoms with Crippen molar-refractivity contribution in [1.29, 1.82) is 0 Å². The first-order chi connectivity index (χ1) is 9.24. The summed E-state index contributed by atoms with van der Waals surface area (Å²) in [5.74, 6) is 0.868. The highest BCUT2D eigenvalue weighted by Crippen LogP contribution is 2.40. The average molecular weight is 255 g/mol. The van der Waals surface area contributed by atoms with Gasteiger partial charge in [-0.25, -0.2) is 0 Å². The molecule has 2 aromatic carbocycles. The first-order valence-electron chi connectivity index (χ1n) is 6.33. The molecule has 1 aliphatic rings. The maximum Gasteiger partial charge on any atom is 0.119 e. The van der Waals surface area contributed by atoms with Crippen LogP contribution in [0.4, 0.5) is 5.69 Å². The van der Waals surface area contributed by atoms with Gasteiger partial charge in [0.2, 0.25) is 0 Å². The van der Waals surface area contributed by atoms with E-state index in [4.69, 9.17) is 15.2 Å². The standard InChI is InChI=1S/C16H17NO2/c1-18-15-7-3-5-13(9-15)16(10-19-11-16)12-4-2-6-14(17)8-12/h2-9H,10-11,17H2,1H3. The van der Waals surface area contributed by atoms with Crippen LogP contribution in [-0.4, -0.2) is 20.3 Å². The van der Waals surface area contributed by atoms with Crippen LogP contribution in [0.5, 0.6) is 5.75 Å². The lowest BCUT2D eigenvalue weighted by Crippen LogP contribution is -2.47. The number of hydrogen-bond acceptors (Lipinski definition) is 3.